The Hall–Kier alpha value is -0.240. The third-order valence-electron chi connectivity index (χ3n) is 5.59. The second kappa shape index (κ2) is 8.84. The van der Waals surface area contributed by atoms with Crippen LogP contribution >= 0.6 is 0 Å². The molecule has 0 amide bonds. The maximum absolute atomic E-state index is 5.97. The van der Waals surface area contributed by atoms with Crippen LogP contribution in [0.4, 0.5) is 0 Å². The summed E-state index contributed by atoms with van der Waals surface area (Å²) in [5.74, 6) is -2.40. The summed E-state index contributed by atoms with van der Waals surface area (Å²) >= 11 is 0. The van der Waals surface area contributed by atoms with Crippen molar-refractivity contribution in [3.05, 3.63) is 0 Å². The molecule has 0 aromatic heterocycles. The first-order valence-electron chi connectivity index (χ1n) is 10.6. The van der Waals surface area contributed by atoms with E-state index in [9.17, 15) is 0 Å². The van der Waals surface area contributed by atoms with Gasteiger partial charge in [0.15, 0.2) is 0 Å². The second-order valence-electron chi connectivity index (χ2n) is 8.88. The minimum Gasteiger partial charge on any atom is -0.195 e. The molecular weight excluding hydrogens is 336 g/mol. The third kappa shape index (κ3) is 5.40. The van der Waals surface area contributed by atoms with E-state index >= 15 is 0 Å². The van der Waals surface area contributed by atoms with Gasteiger partial charge in [0, 0.05) is 32.1 Å². The highest BCUT2D eigenvalue weighted by atomic mass is 17.4. The topological polar surface area (TPSA) is 55.4 Å². The van der Waals surface area contributed by atoms with Crippen molar-refractivity contribution in [3.8, 4) is 0 Å². The summed E-state index contributed by atoms with van der Waals surface area (Å²) in [6.45, 7) is 6.12. The first-order valence-corrected chi connectivity index (χ1v) is 10.6. The zero-order chi connectivity index (χ0) is 18.5. The Morgan fingerprint density at radius 2 is 0.923 bits per heavy atom. The van der Waals surface area contributed by atoms with Gasteiger partial charge in [0.05, 0.1) is 0 Å². The molecule has 0 atom stereocenters. The average Bonchev–Trinajstić information content (AvgIpc) is 2.96. The van der Waals surface area contributed by atoms with Crippen LogP contribution in [-0.4, -0.2) is 17.4 Å². The van der Waals surface area contributed by atoms with Gasteiger partial charge in [-0.1, -0.05) is 39.5 Å². The van der Waals surface area contributed by atoms with E-state index in [4.69, 9.17) is 29.3 Å². The zero-order valence-corrected chi connectivity index (χ0v) is 16.7. The van der Waals surface area contributed by atoms with E-state index in [-0.39, 0.29) is 0 Å². The van der Waals surface area contributed by atoms with E-state index in [1.807, 2.05) is 6.92 Å². The lowest BCUT2D eigenvalue weighted by Crippen LogP contribution is -2.41. The van der Waals surface area contributed by atoms with Gasteiger partial charge in [0.1, 0.15) is 0 Å². The van der Waals surface area contributed by atoms with Gasteiger partial charge in [-0.15, -0.1) is 0 Å². The average molecular weight is 373 g/mol. The largest absolute Gasteiger partial charge is 0.234 e. The van der Waals surface area contributed by atoms with Crippen molar-refractivity contribution < 1.29 is 29.3 Å². The number of rotatable bonds is 2. The van der Waals surface area contributed by atoms with Crippen LogP contribution in [0.25, 0.3) is 0 Å². The van der Waals surface area contributed by atoms with Gasteiger partial charge in [-0.3, -0.25) is 0 Å². The number of hydrogen-bond acceptors (Lipinski definition) is 6. The van der Waals surface area contributed by atoms with Crippen LogP contribution in [0.5, 0.6) is 0 Å². The Labute approximate surface area is 157 Å². The smallest absolute Gasteiger partial charge is 0.195 e. The highest BCUT2D eigenvalue weighted by Crippen LogP contribution is 2.41. The quantitative estimate of drug-likeness (QED) is 0.579. The lowest BCUT2D eigenvalue weighted by atomic mass is 10.0. The fraction of sp³-hybridized carbons (Fsp3) is 1.00. The highest BCUT2D eigenvalue weighted by Gasteiger charge is 2.48. The van der Waals surface area contributed by atoms with E-state index in [1.54, 1.807) is 0 Å². The molecular formula is C20H36O6. The predicted molar refractivity (Wildman–Crippen MR) is 95.2 cm³/mol. The summed E-state index contributed by atoms with van der Waals surface area (Å²) in [4.78, 5) is 35.4. The standard InChI is InChI=1S/C20H36O6/c1-17(2)16-18(3)21-23-19(12-8-4-5-9-13-19)25-26-20(24-22-18)14-10-6-7-11-15-20/h17H,4-16H2,1-3H3. The van der Waals surface area contributed by atoms with Crippen molar-refractivity contribution in [2.75, 3.05) is 0 Å². The summed E-state index contributed by atoms with van der Waals surface area (Å²) in [7, 11) is 0. The Bertz CT molecular complexity index is 390. The third-order valence-corrected chi connectivity index (χ3v) is 5.59. The van der Waals surface area contributed by atoms with Crippen LogP contribution in [0.2, 0.25) is 0 Å². The highest BCUT2D eigenvalue weighted by molar-refractivity contribution is 4.76. The van der Waals surface area contributed by atoms with Gasteiger partial charge in [-0.25, -0.2) is 0 Å². The first-order chi connectivity index (χ1) is 12.5. The SMILES string of the molecule is CC(C)CC1(C)OOC2(CCCCCC2)OOC2(CCCCCC2)OO1. The molecule has 3 fully saturated rings. The molecule has 2 aliphatic carbocycles. The summed E-state index contributed by atoms with van der Waals surface area (Å²) in [5, 5.41) is 0. The molecule has 0 bridgehead atoms. The van der Waals surface area contributed by atoms with Gasteiger partial charge in [0.25, 0.3) is 0 Å². The van der Waals surface area contributed by atoms with Crippen LogP contribution < -0.4 is 0 Å². The lowest BCUT2D eigenvalue weighted by Gasteiger charge is -2.33. The van der Waals surface area contributed by atoms with Gasteiger partial charge in [-0.2, -0.15) is 29.3 Å². The zero-order valence-electron chi connectivity index (χ0n) is 16.7. The minimum atomic E-state index is -0.996. The van der Waals surface area contributed by atoms with Crippen LogP contribution in [0.1, 0.15) is 104 Å². The van der Waals surface area contributed by atoms with Crippen LogP contribution in [0.15, 0.2) is 0 Å². The minimum absolute atomic E-state index is 0.366. The number of hydrogen-bond donors (Lipinski definition) is 0. The normalized spacial score (nSPS) is 33.2. The molecule has 26 heavy (non-hydrogen) atoms. The molecule has 0 aromatic rings. The predicted octanol–water partition coefficient (Wildman–Crippen LogP) is 5.71. The van der Waals surface area contributed by atoms with Gasteiger partial charge in [0.2, 0.25) is 17.4 Å². The molecule has 1 heterocycles. The first kappa shape index (κ1) is 20.5. The molecule has 2 saturated carbocycles. The molecule has 0 aromatic carbocycles. The van der Waals surface area contributed by atoms with Gasteiger partial charge in [-0.05, 0) is 38.5 Å². The Balaban J connectivity index is 1.83. The molecule has 152 valence electrons. The van der Waals surface area contributed by atoms with Crippen molar-refractivity contribution >= 4 is 0 Å². The lowest BCUT2D eigenvalue weighted by molar-refractivity contribution is -0.551. The summed E-state index contributed by atoms with van der Waals surface area (Å²) < 4.78 is 0. The molecule has 0 radical (unpaired) electrons. The van der Waals surface area contributed by atoms with Crippen molar-refractivity contribution in [3.63, 3.8) is 0 Å². The van der Waals surface area contributed by atoms with Crippen molar-refractivity contribution in [1.29, 1.82) is 0 Å². The van der Waals surface area contributed by atoms with E-state index in [1.165, 1.54) is 25.7 Å². The van der Waals surface area contributed by atoms with Gasteiger partial charge < -0.3 is 0 Å². The van der Waals surface area contributed by atoms with E-state index in [0.717, 1.165) is 51.4 Å². The van der Waals surface area contributed by atoms with E-state index in [2.05, 4.69) is 13.8 Å². The fourth-order valence-corrected chi connectivity index (χ4v) is 4.20. The van der Waals surface area contributed by atoms with Crippen LogP contribution in [-0.2, 0) is 29.3 Å². The molecule has 3 aliphatic rings. The molecule has 6 nitrogen and oxygen atoms in total. The molecule has 2 spiro atoms. The van der Waals surface area contributed by atoms with Crippen LogP contribution in [0.3, 0.4) is 0 Å². The summed E-state index contributed by atoms with van der Waals surface area (Å²) in [6, 6.07) is 0. The Kier molecular flexibility index (Phi) is 6.97. The second-order valence-corrected chi connectivity index (χ2v) is 8.88. The monoisotopic (exact) mass is 372 g/mol. The molecule has 6 heteroatoms. The fourth-order valence-electron chi connectivity index (χ4n) is 4.20. The molecule has 1 saturated heterocycles. The maximum Gasteiger partial charge on any atom is 0.234 e. The summed E-state index contributed by atoms with van der Waals surface area (Å²) in [6.07, 6.45) is 12.5. The summed E-state index contributed by atoms with van der Waals surface area (Å²) in [5.41, 5.74) is 0. The molecule has 0 N–H and O–H groups in total. The molecule has 3 rings (SSSR count). The maximum atomic E-state index is 5.97. The molecule has 0 unspecified atom stereocenters. The van der Waals surface area contributed by atoms with Crippen molar-refractivity contribution in [2.24, 2.45) is 5.92 Å². The Morgan fingerprint density at radius 1 is 0.577 bits per heavy atom. The Morgan fingerprint density at radius 3 is 1.27 bits per heavy atom. The van der Waals surface area contributed by atoms with Crippen molar-refractivity contribution in [2.45, 2.75) is 122 Å². The van der Waals surface area contributed by atoms with E-state index < -0.39 is 17.4 Å². The van der Waals surface area contributed by atoms with Gasteiger partial charge >= 0.3 is 0 Å². The van der Waals surface area contributed by atoms with E-state index in [0.29, 0.717) is 12.3 Å². The van der Waals surface area contributed by atoms with Crippen molar-refractivity contribution in [1.82, 2.24) is 0 Å². The van der Waals surface area contributed by atoms with Crippen LogP contribution in [0, 0.1) is 5.92 Å². The molecule has 1 aliphatic heterocycles.